The van der Waals surface area contributed by atoms with Gasteiger partial charge in [0.25, 0.3) is 5.91 Å². The minimum absolute atomic E-state index is 0.118. The van der Waals surface area contributed by atoms with Gasteiger partial charge in [-0.1, -0.05) is 18.9 Å². The fraction of sp³-hybridized carbons (Fsp3) is 0.462. The normalized spacial score (nSPS) is 17.3. The molecule has 1 saturated heterocycles. The fourth-order valence-corrected chi connectivity index (χ4v) is 5.87. The number of tetrazole rings is 1. The minimum Gasteiger partial charge on any atom is -0.488 e. The number of carbonyl (C=O) groups is 1. The van der Waals surface area contributed by atoms with Crippen molar-refractivity contribution in [2.24, 2.45) is 7.05 Å². The number of nitrogens with two attached hydrogens (primary N) is 1. The molecule has 10 nitrogen and oxygen atoms in total. The van der Waals surface area contributed by atoms with Crippen molar-refractivity contribution in [1.82, 2.24) is 25.1 Å². The molecule has 1 amide bonds. The molecule has 2 aliphatic rings. The first-order valence-electron chi connectivity index (χ1n) is 12.8. The zero-order valence-electron chi connectivity index (χ0n) is 21.3. The van der Waals surface area contributed by atoms with Crippen molar-refractivity contribution >= 4 is 29.0 Å². The summed E-state index contributed by atoms with van der Waals surface area (Å²) in [4.78, 5) is 16.6. The summed E-state index contributed by atoms with van der Waals surface area (Å²) in [6.45, 7) is 1.99. The van der Waals surface area contributed by atoms with Crippen LogP contribution in [-0.2, 0) is 7.05 Å². The molecule has 1 saturated carbocycles. The molecule has 1 aromatic heterocycles. The number of nitrogens with zero attached hydrogens (tertiary/aromatic N) is 5. The van der Waals surface area contributed by atoms with Crippen molar-refractivity contribution in [1.29, 1.82) is 0 Å². The zero-order chi connectivity index (χ0) is 25.8. The fourth-order valence-electron chi connectivity index (χ4n) is 5.03. The summed E-state index contributed by atoms with van der Waals surface area (Å²) in [5.74, 6) is 0.983. The molecule has 3 aromatic rings. The third kappa shape index (κ3) is 6.12. The molecule has 0 atom stereocenters. The predicted molar refractivity (Wildman–Crippen MR) is 139 cm³/mol. The Kier molecular flexibility index (Phi) is 8.04. The van der Waals surface area contributed by atoms with Crippen LogP contribution in [0.5, 0.6) is 5.75 Å². The predicted octanol–water partition coefficient (Wildman–Crippen LogP) is 3.33. The summed E-state index contributed by atoms with van der Waals surface area (Å²) in [6, 6.07) is 11.4. The maximum absolute atomic E-state index is 13.6. The van der Waals surface area contributed by atoms with Gasteiger partial charge >= 0.3 is 0 Å². The lowest BCUT2D eigenvalue weighted by molar-refractivity contribution is -0.825. The number of quaternary nitrogens is 1. The van der Waals surface area contributed by atoms with E-state index in [1.165, 1.54) is 43.0 Å². The first-order valence-corrected chi connectivity index (χ1v) is 13.6. The Morgan fingerprint density at radius 2 is 1.89 bits per heavy atom. The zero-order valence-corrected chi connectivity index (χ0v) is 22.1. The standard InChI is InChI=1S/C26H33N7O3S/c1-32-13-11-20(12-14-32)36-23-15-18(17-5-3-4-6-17)7-9-22(23)27-25(34)21-16-19(29-35)8-10-24(21)37-26-28-30-31-33(26)2/h7-10,15-17,20,29,35H,3-6,11-14H2,1-2H3,(H,27,34)/p+1. The van der Waals surface area contributed by atoms with E-state index in [-0.39, 0.29) is 12.0 Å². The molecule has 2 fully saturated rings. The molecule has 4 N–H and O–H groups in total. The highest BCUT2D eigenvalue weighted by atomic mass is 32.2. The smallest absolute Gasteiger partial charge is 0.257 e. The van der Waals surface area contributed by atoms with Crippen LogP contribution in [0.3, 0.4) is 0 Å². The van der Waals surface area contributed by atoms with E-state index in [1.807, 2.05) is 6.07 Å². The molecule has 1 aliphatic heterocycles. The third-order valence-electron chi connectivity index (χ3n) is 7.22. The number of anilines is 1. The van der Waals surface area contributed by atoms with Gasteiger partial charge in [-0.05, 0) is 84.6 Å². The lowest BCUT2D eigenvalue weighted by atomic mass is 9.97. The van der Waals surface area contributed by atoms with Gasteiger partial charge in [-0.2, -0.15) is 5.48 Å². The highest BCUT2D eigenvalue weighted by molar-refractivity contribution is 7.99. The van der Waals surface area contributed by atoms with Crippen molar-refractivity contribution in [2.45, 2.75) is 60.6 Å². The van der Waals surface area contributed by atoms with Crippen molar-refractivity contribution < 1.29 is 20.2 Å². The van der Waals surface area contributed by atoms with Gasteiger partial charge < -0.3 is 15.0 Å². The van der Waals surface area contributed by atoms with E-state index >= 15 is 0 Å². The molecule has 196 valence electrons. The van der Waals surface area contributed by atoms with Crippen LogP contribution in [0, 0.1) is 0 Å². The highest BCUT2D eigenvalue weighted by Crippen LogP contribution is 2.39. The molecule has 2 heterocycles. The number of likely N-dealkylation sites (tertiary alicyclic amines) is 1. The van der Waals surface area contributed by atoms with E-state index < -0.39 is 0 Å². The van der Waals surface area contributed by atoms with E-state index in [2.05, 4.69) is 44.9 Å². The van der Waals surface area contributed by atoms with Crippen LogP contribution < -0.4 is 15.5 Å². The van der Waals surface area contributed by atoms with Crippen LogP contribution >= 0.6 is 11.8 Å². The lowest BCUT2D eigenvalue weighted by Gasteiger charge is -2.30. The summed E-state index contributed by atoms with van der Waals surface area (Å²) in [5, 5.41) is 24.8. The largest absolute Gasteiger partial charge is 0.488 e. The average molecular weight is 525 g/mol. The molecule has 5 rings (SSSR count). The number of ether oxygens (including phenoxy) is 1. The van der Waals surface area contributed by atoms with E-state index in [0.29, 0.717) is 32.9 Å². The molecular weight excluding hydrogens is 490 g/mol. The van der Waals surface area contributed by atoms with Gasteiger partial charge in [0.2, 0.25) is 5.16 Å². The van der Waals surface area contributed by atoms with Crippen molar-refractivity contribution in [3.05, 3.63) is 47.5 Å². The van der Waals surface area contributed by atoms with Crippen molar-refractivity contribution in [2.75, 3.05) is 25.5 Å². The second kappa shape index (κ2) is 11.6. The Hall–Kier alpha value is -2.99. The maximum Gasteiger partial charge on any atom is 0.257 e. The average Bonchev–Trinajstić information content (AvgIpc) is 3.59. The number of hydrogen-bond acceptors (Lipinski definition) is 8. The monoisotopic (exact) mass is 524 g/mol. The molecule has 11 heteroatoms. The van der Waals surface area contributed by atoms with Crippen LogP contribution in [-0.4, -0.2) is 62.5 Å². The van der Waals surface area contributed by atoms with E-state index in [0.717, 1.165) is 37.2 Å². The van der Waals surface area contributed by atoms with Gasteiger partial charge in [0.15, 0.2) is 5.69 Å². The molecule has 0 bridgehead atoms. The Bertz CT molecular complexity index is 1240. The quantitative estimate of drug-likeness (QED) is 0.303. The maximum atomic E-state index is 13.6. The Labute approximate surface area is 220 Å². The van der Waals surface area contributed by atoms with E-state index in [4.69, 9.17) is 4.74 Å². The summed E-state index contributed by atoms with van der Waals surface area (Å²) in [7, 11) is 3.88. The van der Waals surface area contributed by atoms with Gasteiger partial charge in [-0.3, -0.25) is 4.79 Å². The van der Waals surface area contributed by atoms with Gasteiger partial charge in [-0.15, -0.1) is 5.10 Å². The lowest BCUT2D eigenvalue weighted by Crippen LogP contribution is -2.73. The first-order chi connectivity index (χ1) is 18.0. The number of piperidine rings is 1. The van der Waals surface area contributed by atoms with Gasteiger partial charge in [0.1, 0.15) is 11.9 Å². The number of benzene rings is 2. The second-order valence-electron chi connectivity index (χ2n) is 9.88. The third-order valence-corrected chi connectivity index (χ3v) is 8.32. The van der Waals surface area contributed by atoms with Gasteiger partial charge in [0.05, 0.1) is 11.3 Å². The van der Waals surface area contributed by atoms with Gasteiger partial charge in [0, 0.05) is 37.2 Å². The number of rotatable bonds is 8. The van der Waals surface area contributed by atoms with Gasteiger partial charge in [-0.25, -0.2) is 9.89 Å². The van der Waals surface area contributed by atoms with Crippen LogP contribution in [0.1, 0.15) is 60.4 Å². The summed E-state index contributed by atoms with van der Waals surface area (Å²) in [6.07, 6.45) is 6.94. The highest BCUT2D eigenvalue weighted by Gasteiger charge is 2.24. The first kappa shape index (κ1) is 25.7. The summed E-state index contributed by atoms with van der Waals surface area (Å²) < 4.78 is 8.07. The molecule has 0 unspecified atom stereocenters. The Morgan fingerprint density at radius 3 is 2.59 bits per heavy atom. The number of aromatic nitrogens is 4. The summed E-state index contributed by atoms with van der Waals surface area (Å²) >= 11 is 1.29. The number of nitrogens with one attached hydrogen (secondary N) is 1. The van der Waals surface area contributed by atoms with Crippen molar-refractivity contribution in [3.8, 4) is 5.75 Å². The van der Waals surface area contributed by atoms with Crippen molar-refractivity contribution in [3.63, 3.8) is 0 Å². The Balaban J connectivity index is 1.42. The summed E-state index contributed by atoms with van der Waals surface area (Å²) in [5.41, 5.74) is 3.87. The molecule has 2 aromatic carbocycles. The van der Waals surface area contributed by atoms with E-state index in [1.54, 1.807) is 29.9 Å². The molecule has 0 spiro atoms. The topological polar surface area (TPSA) is 122 Å². The minimum atomic E-state index is -0.289. The number of aryl methyl sites for hydroxylation is 1. The van der Waals surface area contributed by atoms with E-state index in [9.17, 15) is 10.0 Å². The number of carbonyl (C=O) groups excluding carboxylic acids is 1. The molecule has 0 radical (unpaired) electrons. The van der Waals surface area contributed by atoms with Crippen LogP contribution in [0.15, 0.2) is 46.5 Å². The number of hydrogen-bond donors (Lipinski definition) is 3. The number of amides is 1. The molecule has 37 heavy (non-hydrogen) atoms. The SMILES string of the molecule is CN1CCC(Oc2cc(C3CCCC3)ccc2NC(=O)c2cc([NH2+]O)ccc2Sc2nnnn2C)CC1. The Morgan fingerprint density at radius 1 is 1.11 bits per heavy atom. The molecular formula is C26H34N7O3S+. The molecule has 1 aliphatic carbocycles. The van der Waals surface area contributed by atoms with Crippen LogP contribution in [0.2, 0.25) is 0 Å². The second-order valence-corrected chi connectivity index (χ2v) is 10.9. The van der Waals surface area contributed by atoms with Crippen LogP contribution in [0.25, 0.3) is 0 Å². The van der Waals surface area contributed by atoms with Crippen LogP contribution in [0.4, 0.5) is 11.4 Å².